The summed E-state index contributed by atoms with van der Waals surface area (Å²) in [5, 5.41) is 10.1. The summed E-state index contributed by atoms with van der Waals surface area (Å²) in [7, 11) is 4.77. The number of phenols is 1. The van der Waals surface area contributed by atoms with Crippen molar-refractivity contribution in [1.29, 1.82) is 0 Å². The molecule has 0 fully saturated rings. The molecule has 1 aliphatic rings. The first-order valence-corrected chi connectivity index (χ1v) is 7.66. The Morgan fingerprint density at radius 3 is 2.08 bits per heavy atom. The molecule has 4 heteroatoms. The van der Waals surface area contributed by atoms with Crippen LogP contribution < -0.4 is 14.2 Å². The Kier molecular flexibility index (Phi) is 4.47. The van der Waals surface area contributed by atoms with Gasteiger partial charge < -0.3 is 19.3 Å². The van der Waals surface area contributed by atoms with E-state index in [0.29, 0.717) is 23.0 Å². The third-order valence-electron chi connectivity index (χ3n) is 4.06. The Bertz CT molecular complexity index is 794. The van der Waals surface area contributed by atoms with Crippen LogP contribution in [0.3, 0.4) is 0 Å². The fraction of sp³-hybridized carbons (Fsp3) is 0.200. The summed E-state index contributed by atoms with van der Waals surface area (Å²) in [4.78, 5) is 0. The van der Waals surface area contributed by atoms with Crippen molar-refractivity contribution in [1.82, 2.24) is 0 Å². The van der Waals surface area contributed by atoms with Gasteiger partial charge in [-0.05, 0) is 47.4 Å². The van der Waals surface area contributed by atoms with Gasteiger partial charge in [0.05, 0.1) is 21.3 Å². The molecule has 0 radical (unpaired) electrons. The second kappa shape index (κ2) is 6.71. The molecule has 0 aromatic heterocycles. The van der Waals surface area contributed by atoms with E-state index in [9.17, 15) is 5.11 Å². The SMILES string of the molecule is COc1cc(/C=C\c2cc(O)c3c(c2)C=CC3)cc(OC)c1OC. The molecule has 0 amide bonds. The lowest BCUT2D eigenvalue weighted by Gasteiger charge is -2.12. The van der Waals surface area contributed by atoms with Crippen LogP contribution in [0.15, 0.2) is 30.3 Å². The maximum Gasteiger partial charge on any atom is 0.203 e. The maximum absolute atomic E-state index is 10.1. The molecule has 1 N–H and O–H groups in total. The highest BCUT2D eigenvalue weighted by Gasteiger charge is 2.13. The minimum absolute atomic E-state index is 0.335. The Morgan fingerprint density at radius 2 is 1.50 bits per heavy atom. The highest BCUT2D eigenvalue weighted by atomic mass is 16.5. The number of allylic oxidation sites excluding steroid dienone is 1. The molecule has 24 heavy (non-hydrogen) atoms. The number of aromatic hydroxyl groups is 1. The van der Waals surface area contributed by atoms with Crippen molar-refractivity contribution in [3.8, 4) is 23.0 Å². The monoisotopic (exact) mass is 324 g/mol. The molecule has 0 atom stereocenters. The van der Waals surface area contributed by atoms with Gasteiger partial charge in [-0.15, -0.1) is 0 Å². The van der Waals surface area contributed by atoms with E-state index in [1.807, 2.05) is 30.4 Å². The molecule has 4 nitrogen and oxygen atoms in total. The number of hydrogen-bond donors (Lipinski definition) is 1. The molecule has 124 valence electrons. The summed E-state index contributed by atoms with van der Waals surface area (Å²) < 4.78 is 16.1. The number of benzene rings is 2. The van der Waals surface area contributed by atoms with Crippen molar-refractivity contribution >= 4 is 18.2 Å². The Morgan fingerprint density at radius 1 is 0.875 bits per heavy atom. The predicted octanol–water partition coefficient (Wildman–Crippen LogP) is 4.16. The lowest BCUT2D eigenvalue weighted by molar-refractivity contribution is 0.324. The van der Waals surface area contributed by atoms with Crippen molar-refractivity contribution in [2.45, 2.75) is 6.42 Å². The van der Waals surface area contributed by atoms with Crippen LogP contribution in [0.5, 0.6) is 23.0 Å². The third kappa shape index (κ3) is 2.95. The number of rotatable bonds is 5. The third-order valence-corrected chi connectivity index (χ3v) is 4.06. The van der Waals surface area contributed by atoms with Crippen molar-refractivity contribution in [2.75, 3.05) is 21.3 Å². The molecular weight excluding hydrogens is 304 g/mol. The van der Waals surface area contributed by atoms with Gasteiger partial charge in [-0.3, -0.25) is 0 Å². The molecule has 0 bridgehead atoms. The van der Waals surface area contributed by atoms with Crippen molar-refractivity contribution in [3.63, 3.8) is 0 Å². The van der Waals surface area contributed by atoms with Crippen LogP contribution in [-0.4, -0.2) is 26.4 Å². The molecule has 0 saturated heterocycles. The normalized spacial score (nSPS) is 12.5. The number of hydrogen-bond acceptors (Lipinski definition) is 4. The fourth-order valence-electron chi connectivity index (χ4n) is 2.86. The van der Waals surface area contributed by atoms with Crippen LogP contribution >= 0.6 is 0 Å². The molecule has 0 aliphatic heterocycles. The highest BCUT2D eigenvalue weighted by molar-refractivity contribution is 5.76. The molecule has 0 unspecified atom stereocenters. The molecule has 2 aromatic rings. The largest absolute Gasteiger partial charge is 0.508 e. The first kappa shape index (κ1) is 16.0. The summed E-state index contributed by atoms with van der Waals surface area (Å²) in [5.74, 6) is 2.12. The zero-order valence-corrected chi connectivity index (χ0v) is 14.0. The van der Waals surface area contributed by atoms with E-state index < -0.39 is 0 Å². The van der Waals surface area contributed by atoms with Gasteiger partial charge >= 0.3 is 0 Å². The lowest BCUT2D eigenvalue weighted by Crippen LogP contribution is -1.95. The van der Waals surface area contributed by atoms with Crippen LogP contribution in [-0.2, 0) is 6.42 Å². The average molecular weight is 324 g/mol. The lowest BCUT2D eigenvalue weighted by atomic mass is 10.0. The smallest absolute Gasteiger partial charge is 0.203 e. The average Bonchev–Trinajstić information content (AvgIpc) is 3.08. The predicted molar refractivity (Wildman–Crippen MR) is 95.9 cm³/mol. The Hall–Kier alpha value is -2.88. The Labute approximate surface area is 141 Å². The number of fused-ring (bicyclic) bond motifs is 1. The first-order chi connectivity index (χ1) is 11.7. The molecule has 2 aromatic carbocycles. The zero-order valence-electron chi connectivity index (χ0n) is 14.0. The van der Waals surface area contributed by atoms with Crippen molar-refractivity contribution in [3.05, 3.63) is 52.6 Å². The van der Waals surface area contributed by atoms with E-state index in [-0.39, 0.29) is 0 Å². The van der Waals surface area contributed by atoms with Crippen molar-refractivity contribution in [2.24, 2.45) is 0 Å². The van der Waals surface area contributed by atoms with E-state index in [4.69, 9.17) is 14.2 Å². The molecule has 0 heterocycles. The molecule has 1 aliphatic carbocycles. The van der Waals surface area contributed by atoms with Gasteiger partial charge in [-0.2, -0.15) is 0 Å². The van der Waals surface area contributed by atoms with Crippen molar-refractivity contribution < 1.29 is 19.3 Å². The molecule has 0 spiro atoms. The summed E-state index contributed by atoms with van der Waals surface area (Å²) in [6.07, 6.45) is 8.78. The molecular formula is C20H20O4. The summed E-state index contributed by atoms with van der Waals surface area (Å²) in [5.41, 5.74) is 3.91. The van der Waals surface area contributed by atoms with Crippen LogP contribution in [0, 0.1) is 0 Å². The van der Waals surface area contributed by atoms with Gasteiger partial charge in [-0.25, -0.2) is 0 Å². The van der Waals surface area contributed by atoms with E-state index in [1.54, 1.807) is 27.4 Å². The van der Waals surface area contributed by atoms with Crippen LogP contribution in [0.1, 0.15) is 22.3 Å². The summed E-state index contributed by atoms with van der Waals surface area (Å²) in [6, 6.07) is 7.60. The molecule has 3 rings (SSSR count). The number of ether oxygens (including phenoxy) is 3. The van der Waals surface area contributed by atoms with E-state index in [0.717, 1.165) is 28.7 Å². The minimum Gasteiger partial charge on any atom is -0.508 e. The maximum atomic E-state index is 10.1. The van der Waals surface area contributed by atoms with Crippen LogP contribution in [0.4, 0.5) is 0 Å². The van der Waals surface area contributed by atoms with Gasteiger partial charge in [0.15, 0.2) is 11.5 Å². The first-order valence-electron chi connectivity index (χ1n) is 7.66. The topological polar surface area (TPSA) is 47.9 Å². The quantitative estimate of drug-likeness (QED) is 0.839. The van der Waals surface area contributed by atoms with E-state index in [1.165, 1.54) is 0 Å². The second-order valence-corrected chi connectivity index (χ2v) is 5.51. The minimum atomic E-state index is 0.335. The number of methoxy groups -OCH3 is 3. The van der Waals surface area contributed by atoms with E-state index in [2.05, 4.69) is 12.1 Å². The van der Waals surface area contributed by atoms with Gasteiger partial charge in [-0.1, -0.05) is 24.3 Å². The van der Waals surface area contributed by atoms with Crippen LogP contribution in [0.25, 0.3) is 18.2 Å². The molecule has 0 saturated carbocycles. The van der Waals surface area contributed by atoms with E-state index >= 15 is 0 Å². The fourth-order valence-corrected chi connectivity index (χ4v) is 2.86. The zero-order chi connectivity index (χ0) is 17.1. The van der Waals surface area contributed by atoms with Gasteiger partial charge in [0.25, 0.3) is 0 Å². The standard InChI is InChI=1S/C20H20O4/c1-22-18-11-14(12-19(23-2)20(18)24-3)8-7-13-9-15-5-4-6-16(15)17(21)10-13/h4-5,7-12,21H,6H2,1-3H3/b8-7-. The highest BCUT2D eigenvalue weighted by Crippen LogP contribution is 2.38. The summed E-state index contributed by atoms with van der Waals surface area (Å²) >= 11 is 0. The number of phenolic OH excluding ortho intramolecular Hbond substituents is 1. The van der Waals surface area contributed by atoms with Gasteiger partial charge in [0.1, 0.15) is 5.75 Å². The van der Waals surface area contributed by atoms with Gasteiger partial charge in [0.2, 0.25) is 5.75 Å². The van der Waals surface area contributed by atoms with Crippen LogP contribution in [0.2, 0.25) is 0 Å². The Balaban J connectivity index is 1.95. The second-order valence-electron chi connectivity index (χ2n) is 5.51. The summed E-state index contributed by atoms with van der Waals surface area (Å²) in [6.45, 7) is 0. The van der Waals surface area contributed by atoms with Gasteiger partial charge in [0, 0.05) is 5.56 Å².